The number of carbonyl (C=O) groups excluding carboxylic acids is 1. The molecule has 0 saturated heterocycles. The smallest absolute Gasteiger partial charge is 0.285 e. The van der Waals surface area contributed by atoms with Gasteiger partial charge in [-0.3, -0.25) is 9.80 Å². The molecular weight excluding hydrogens is 394 g/mol. The largest absolute Gasteiger partial charge is 0.292 e. The highest BCUT2D eigenvalue weighted by Gasteiger charge is 2.29. The molecule has 0 aliphatic carbocycles. The minimum absolute atomic E-state index is 0.162. The number of amides is 1. The van der Waals surface area contributed by atoms with Crippen molar-refractivity contribution in [2.45, 2.75) is 6.42 Å². The summed E-state index contributed by atoms with van der Waals surface area (Å²) in [5, 5.41) is 8.58. The van der Waals surface area contributed by atoms with Crippen LogP contribution in [-0.4, -0.2) is 39.1 Å². The predicted octanol–water partition coefficient (Wildman–Crippen LogP) is 3.19. The number of hydrazine groups is 1. The van der Waals surface area contributed by atoms with Crippen LogP contribution in [0.3, 0.4) is 0 Å². The fourth-order valence-electron chi connectivity index (χ4n) is 2.92. The molecule has 0 fully saturated rings. The number of hydrogen-bond acceptors (Lipinski definition) is 4. The maximum atomic E-state index is 12.9. The van der Waals surface area contributed by atoms with Crippen LogP contribution in [0.2, 0.25) is 5.02 Å². The van der Waals surface area contributed by atoms with E-state index >= 15 is 0 Å². The van der Waals surface area contributed by atoms with E-state index < -0.39 is 0 Å². The SMILES string of the molecule is CN1c2cccc(Cl)c2CCN1C(=O)c1cc2ncc(Br)cn2n1. The molecule has 0 atom stereocenters. The summed E-state index contributed by atoms with van der Waals surface area (Å²) in [6.07, 6.45) is 4.16. The minimum Gasteiger partial charge on any atom is -0.285 e. The molecule has 0 unspecified atom stereocenters. The zero-order valence-corrected chi connectivity index (χ0v) is 15.1. The lowest BCUT2D eigenvalue weighted by Gasteiger charge is -2.38. The van der Waals surface area contributed by atoms with Crippen molar-refractivity contribution in [2.75, 3.05) is 18.6 Å². The van der Waals surface area contributed by atoms with E-state index in [1.807, 2.05) is 30.3 Å². The minimum atomic E-state index is -0.162. The molecule has 0 bridgehead atoms. The molecule has 0 saturated carbocycles. The molecule has 0 radical (unpaired) electrons. The maximum Gasteiger partial charge on any atom is 0.292 e. The first kappa shape index (κ1) is 15.4. The van der Waals surface area contributed by atoms with Gasteiger partial charge in [0.1, 0.15) is 0 Å². The van der Waals surface area contributed by atoms with Gasteiger partial charge in [0.2, 0.25) is 0 Å². The summed E-state index contributed by atoms with van der Waals surface area (Å²) in [6, 6.07) is 7.41. The molecule has 1 amide bonds. The van der Waals surface area contributed by atoms with Crippen LogP contribution in [0.15, 0.2) is 41.1 Å². The highest BCUT2D eigenvalue weighted by atomic mass is 79.9. The van der Waals surface area contributed by atoms with Crippen molar-refractivity contribution in [1.29, 1.82) is 0 Å². The van der Waals surface area contributed by atoms with Crippen LogP contribution >= 0.6 is 27.5 Å². The number of rotatable bonds is 1. The van der Waals surface area contributed by atoms with E-state index in [4.69, 9.17) is 11.6 Å². The van der Waals surface area contributed by atoms with Gasteiger partial charge >= 0.3 is 0 Å². The molecular formula is C16H13BrClN5O. The summed E-state index contributed by atoms with van der Waals surface area (Å²) in [5.41, 5.74) is 2.99. The summed E-state index contributed by atoms with van der Waals surface area (Å²) < 4.78 is 2.39. The second-order valence-electron chi connectivity index (χ2n) is 5.54. The third-order valence-corrected chi connectivity index (χ3v) is 4.88. The third-order valence-electron chi connectivity index (χ3n) is 4.11. The average Bonchev–Trinajstić information content (AvgIpc) is 2.98. The lowest BCUT2D eigenvalue weighted by atomic mass is 10.1. The van der Waals surface area contributed by atoms with Crippen LogP contribution in [-0.2, 0) is 6.42 Å². The molecule has 6 nitrogen and oxygen atoms in total. The van der Waals surface area contributed by atoms with Crippen LogP contribution in [0.5, 0.6) is 0 Å². The van der Waals surface area contributed by atoms with E-state index in [9.17, 15) is 4.79 Å². The summed E-state index contributed by atoms with van der Waals surface area (Å²) >= 11 is 9.61. The first-order valence-electron chi connectivity index (χ1n) is 7.38. The number of anilines is 1. The number of aromatic nitrogens is 3. The fourth-order valence-corrected chi connectivity index (χ4v) is 3.48. The van der Waals surface area contributed by atoms with Crippen LogP contribution in [0, 0.1) is 0 Å². The highest BCUT2D eigenvalue weighted by Crippen LogP contribution is 2.32. The molecule has 1 aliphatic heterocycles. The van der Waals surface area contributed by atoms with Gasteiger partial charge < -0.3 is 0 Å². The van der Waals surface area contributed by atoms with Gasteiger partial charge in [-0.2, -0.15) is 5.10 Å². The van der Waals surface area contributed by atoms with Gasteiger partial charge in [0.15, 0.2) is 11.3 Å². The third kappa shape index (κ3) is 2.44. The van der Waals surface area contributed by atoms with Gasteiger partial charge in [-0.05, 0) is 40.0 Å². The maximum absolute atomic E-state index is 12.9. The van der Waals surface area contributed by atoms with Gasteiger partial charge in [-0.1, -0.05) is 17.7 Å². The zero-order chi connectivity index (χ0) is 16.8. The second-order valence-corrected chi connectivity index (χ2v) is 6.87. The van der Waals surface area contributed by atoms with Gasteiger partial charge in [-0.15, -0.1) is 0 Å². The van der Waals surface area contributed by atoms with E-state index in [1.165, 1.54) is 0 Å². The number of nitrogens with zero attached hydrogens (tertiary/aromatic N) is 5. The number of hydrogen-bond donors (Lipinski definition) is 0. The Morgan fingerprint density at radius 2 is 2.21 bits per heavy atom. The lowest BCUT2D eigenvalue weighted by Crippen LogP contribution is -2.48. The Hall–Kier alpha value is -2.12. The van der Waals surface area contributed by atoms with Crippen LogP contribution < -0.4 is 5.01 Å². The Morgan fingerprint density at radius 3 is 3.04 bits per heavy atom. The summed E-state index contributed by atoms with van der Waals surface area (Å²) in [6.45, 7) is 0.553. The Morgan fingerprint density at radius 1 is 1.38 bits per heavy atom. The molecule has 0 N–H and O–H groups in total. The molecule has 4 rings (SSSR count). The molecule has 8 heteroatoms. The Bertz CT molecular complexity index is 957. The van der Waals surface area contributed by atoms with Gasteiger partial charge in [0, 0.05) is 37.1 Å². The molecule has 24 heavy (non-hydrogen) atoms. The Labute approximate surface area is 151 Å². The molecule has 3 aromatic rings. The molecule has 3 heterocycles. The zero-order valence-electron chi connectivity index (χ0n) is 12.8. The van der Waals surface area contributed by atoms with Crippen molar-refractivity contribution >= 4 is 44.8 Å². The average molecular weight is 407 g/mol. The predicted molar refractivity (Wildman–Crippen MR) is 95.3 cm³/mol. The van der Waals surface area contributed by atoms with Crippen molar-refractivity contribution < 1.29 is 4.79 Å². The van der Waals surface area contributed by atoms with E-state index in [1.54, 1.807) is 28.0 Å². The van der Waals surface area contributed by atoms with Crippen molar-refractivity contribution in [1.82, 2.24) is 19.6 Å². The van der Waals surface area contributed by atoms with Crippen molar-refractivity contribution in [3.63, 3.8) is 0 Å². The molecule has 2 aromatic heterocycles. The standard InChI is InChI=1S/C16H13BrClN5O/c1-21-14-4-2-3-12(18)11(14)5-6-23(21)16(24)13-7-15-19-8-10(17)9-22(15)20-13/h2-4,7-9H,5-6H2,1H3. The van der Waals surface area contributed by atoms with Crippen molar-refractivity contribution in [2.24, 2.45) is 0 Å². The van der Waals surface area contributed by atoms with Crippen LogP contribution in [0.25, 0.3) is 5.65 Å². The molecule has 1 aliphatic rings. The van der Waals surface area contributed by atoms with Crippen molar-refractivity contribution in [3.05, 3.63) is 57.4 Å². The van der Waals surface area contributed by atoms with Crippen LogP contribution in [0.1, 0.15) is 16.1 Å². The number of fused-ring (bicyclic) bond motifs is 2. The normalized spacial score (nSPS) is 14.1. The fraction of sp³-hybridized carbons (Fsp3) is 0.188. The van der Waals surface area contributed by atoms with Gasteiger partial charge in [-0.25, -0.2) is 14.5 Å². The van der Waals surface area contributed by atoms with E-state index in [-0.39, 0.29) is 5.91 Å². The van der Waals surface area contributed by atoms with Crippen molar-refractivity contribution in [3.8, 4) is 0 Å². The number of halogens is 2. The summed E-state index contributed by atoms with van der Waals surface area (Å²) in [4.78, 5) is 17.1. The summed E-state index contributed by atoms with van der Waals surface area (Å²) in [7, 11) is 1.86. The summed E-state index contributed by atoms with van der Waals surface area (Å²) in [5.74, 6) is -0.162. The quantitative estimate of drug-likeness (QED) is 0.623. The Kier molecular flexibility index (Phi) is 3.69. The number of carbonyl (C=O) groups is 1. The number of benzene rings is 1. The topological polar surface area (TPSA) is 53.7 Å². The van der Waals surface area contributed by atoms with Gasteiger partial charge in [0.25, 0.3) is 5.91 Å². The first-order valence-corrected chi connectivity index (χ1v) is 8.55. The first-order chi connectivity index (χ1) is 11.5. The van der Waals surface area contributed by atoms with E-state index in [2.05, 4.69) is 26.0 Å². The lowest BCUT2D eigenvalue weighted by molar-refractivity contribution is 0.0732. The molecule has 1 aromatic carbocycles. The van der Waals surface area contributed by atoms with Crippen LogP contribution in [0.4, 0.5) is 5.69 Å². The molecule has 122 valence electrons. The highest BCUT2D eigenvalue weighted by molar-refractivity contribution is 9.10. The Balaban J connectivity index is 1.69. The monoisotopic (exact) mass is 405 g/mol. The second kappa shape index (κ2) is 5.75. The van der Waals surface area contributed by atoms with E-state index in [0.717, 1.165) is 20.7 Å². The van der Waals surface area contributed by atoms with E-state index in [0.29, 0.717) is 24.3 Å². The molecule has 0 spiro atoms. The van der Waals surface area contributed by atoms with Gasteiger partial charge in [0.05, 0.1) is 10.2 Å².